The minimum Gasteiger partial charge on any atom is -0.494 e. The topological polar surface area (TPSA) is 29.5 Å². The van der Waals surface area contributed by atoms with Crippen molar-refractivity contribution in [2.24, 2.45) is 11.8 Å². The molecule has 0 saturated heterocycles. The molecular formula is C17H27FO2. The average Bonchev–Trinajstić information content (AvgIpc) is 2.29. The second-order valence-corrected chi connectivity index (χ2v) is 6.53. The first-order valence-electron chi connectivity index (χ1n) is 7.31. The molecule has 1 aromatic rings. The third-order valence-corrected chi connectivity index (χ3v) is 3.36. The molecule has 20 heavy (non-hydrogen) atoms. The van der Waals surface area contributed by atoms with E-state index in [1.807, 2.05) is 0 Å². The summed E-state index contributed by atoms with van der Waals surface area (Å²) in [7, 11) is 1.45. The summed E-state index contributed by atoms with van der Waals surface area (Å²) in [6, 6.07) is 5.09. The fourth-order valence-corrected chi connectivity index (χ4v) is 2.95. The van der Waals surface area contributed by atoms with Crippen LogP contribution in [0.5, 0.6) is 5.75 Å². The van der Waals surface area contributed by atoms with Gasteiger partial charge in [0.15, 0.2) is 11.6 Å². The van der Waals surface area contributed by atoms with Crippen LogP contribution in [0, 0.1) is 17.7 Å². The molecule has 3 heteroatoms. The van der Waals surface area contributed by atoms with E-state index in [1.54, 1.807) is 18.2 Å². The van der Waals surface area contributed by atoms with E-state index >= 15 is 0 Å². The van der Waals surface area contributed by atoms with Crippen molar-refractivity contribution in [2.75, 3.05) is 7.11 Å². The summed E-state index contributed by atoms with van der Waals surface area (Å²) in [4.78, 5) is 0. The Bertz CT molecular complexity index is 417. The Morgan fingerprint density at radius 1 is 1.15 bits per heavy atom. The van der Waals surface area contributed by atoms with Crippen LogP contribution in [-0.4, -0.2) is 17.8 Å². The molecule has 1 rings (SSSR count). The van der Waals surface area contributed by atoms with Gasteiger partial charge >= 0.3 is 0 Å². The Hall–Kier alpha value is -1.09. The molecule has 114 valence electrons. The number of hydrogen-bond donors (Lipinski definition) is 1. The summed E-state index contributed by atoms with van der Waals surface area (Å²) in [5, 5.41) is 10.9. The van der Waals surface area contributed by atoms with Crippen molar-refractivity contribution < 1.29 is 14.2 Å². The molecule has 0 aliphatic rings. The second kappa shape index (κ2) is 7.07. The van der Waals surface area contributed by atoms with Crippen LogP contribution < -0.4 is 4.74 Å². The minimum atomic E-state index is -0.866. The van der Waals surface area contributed by atoms with Gasteiger partial charge < -0.3 is 9.84 Å². The molecule has 0 atom stereocenters. The normalized spacial score (nSPS) is 12.2. The summed E-state index contributed by atoms with van der Waals surface area (Å²) in [5.41, 5.74) is -0.344. The molecule has 0 fully saturated rings. The Balaban J connectivity index is 3.00. The molecule has 0 bridgehead atoms. The van der Waals surface area contributed by atoms with Gasteiger partial charge in [-0.2, -0.15) is 0 Å². The van der Waals surface area contributed by atoms with Crippen molar-refractivity contribution in [1.29, 1.82) is 0 Å². The molecule has 2 nitrogen and oxygen atoms in total. The lowest BCUT2D eigenvalue weighted by molar-refractivity contribution is 0.000000788. The summed E-state index contributed by atoms with van der Waals surface area (Å²) >= 11 is 0. The van der Waals surface area contributed by atoms with Crippen molar-refractivity contribution >= 4 is 0 Å². The van der Waals surface area contributed by atoms with Crippen LogP contribution >= 0.6 is 0 Å². The van der Waals surface area contributed by atoms with Gasteiger partial charge in [0.1, 0.15) is 0 Å². The molecule has 0 amide bonds. The van der Waals surface area contributed by atoms with E-state index < -0.39 is 5.60 Å². The molecule has 0 aliphatic carbocycles. The molecule has 0 aromatic heterocycles. The number of methoxy groups -OCH3 is 1. The van der Waals surface area contributed by atoms with Crippen molar-refractivity contribution in [3.8, 4) is 5.75 Å². The maximum absolute atomic E-state index is 14.2. The van der Waals surface area contributed by atoms with Crippen LogP contribution in [-0.2, 0) is 6.42 Å². The van der Waals surface area contributed by atoms with Crippen LogP contribution in [0.25, 0.3) is 0 Å². The lowest BCUT2D eigenvalue weighted by Crippen LogP contribution is -2.35. The van der Waals surface area contributed by atoms with Gasteiger partial charge in [-0.15, -0.1) is 0 Å². The van der Waals surface area contributed by atoms with Gasteiger partial charge in [-0.3, -0.25) is 0 Å². The molecular weight excluding hydrogens is 255 g/mol. The van der Waals surface area contributed by atoms with E-state index in [-0.39, 0.29) is 11.6 Å². The van der Waals surface area contributed by atoms with Gasteiger partial charge in [0, 0.05) is 6.42 Å². The zero-order valence-electron chi connectivity index (χ0n) is 13.2. The van der Waals surface area contributed by atoms with Gasteiger partial charge in [0.05, 0.1) is 12.7 Å². The number of benzene rings is 1. The number of halogens is 1. The van der Waals surface area contributed by atoms with Gasteiger partial charge in [0.25, 0.3) is 0 Å². The maximum atomic E-state index is 14.2. The number of ether oxygens (including phenoxy) is 1. The Morgan fingerprint density at radius 3 is 2.15 bits per heavy atom. The lowest BCUT2D eigenvalue weighted by atomic mass is 9.80. The van der Waals surface area contributed by atoms with E-state index in [2.05, 4.69) is 27.7 Å². The molecule has 1 N–H and O–H groups in total. The van der Waals surface area contributed by atoms with Gasteiger partial charge in [-0.1, -0.05) is 39.8 Å². The van der Waals surface area contributed by atoms with Crippen LogP contribution in [0.15, 0.2) is 18.2 Å². The van der Waals surface area contributed by atoms with E-state index in [9.17, 15) is 9.50 Å². The predicted octanol–water partition coefficient (Wildman–Crippen LogP) is 4.20. The van der Waals surface area contributed by atoms with Gasteiger partial charge in [0.2, 0.25) is 0 Å². The Labute approximate surface area is 122 Å². The molecule has 1 aromatic carbocycles. The molecule has 0 saturated carbocycles. The second-order valence-electron chi connectivity index (χ2n) is 6.53. The van der Waals surface area contributed by atoms with E-state index in [0.717, 1.165) is 0 Å². The zero-order chi connectivity index (χ0) is 15.3. The molecule has 0 heterocycles. The van der Waals surface area contributed by atoms with Crippen LogP contribution in [0.4, 0.5) is 4.39 Å². The van der Waals surface area contributed by atoms with E-state index in [0.29, 0.717) is 36.7 Å². The van der Waals surface area contributed by atoms with Crippen LogP contribution in [0.3, 0.4) is 0 Å². The SMILES string of the molecule is COc1cccc(CC(O)(CC(C)C)CC(C)C)c1F. The summed E-state index contributed by atoms with van der Waals surface area (Å²) in [6.45, 7) is 8.31. The van der Waals surface area contributed by atoms with Gasteiger partial charge in [-0.05, 0) is 36.3 Å². The lowest BCUT2D eigenvalue weighted by Gasteiger charge is -2.32. The predicted molar refractivity (Wildman–Crippen MR) is 80.5 cm³/mol. The minimum absolute atomic E-state index is 0.235. The van der Waals surface area contributed by atoms with E-state index in [4.69, 9.17) is 4.74 Å². The summed E-state index contributed by atoms with van der Waals surface area (Å²) in [6.07, 6.45) is 1.66. The summed E-state index contributed by atoms with van der Waals surface area (Å²) < 4.78 is 19.2. The highest BCUT2D eigenvalue weighted by molar-refractivity contribution is 5.32. The van der Waals surface area contributed by atoms with Gasteiger partial charge in [-0.25, -0.2) is 4.39 Å². The van der Waals surface area contributed by atoms with Crippen molar-refractivity contribution in [2.45, 2.75) is 52.6 Å². The number of hydrogen-bond acceptors (Lipinski definition) is 2. The fraction of sp³-hybridized carbons (Fsp3) is 0.647. The molecule has 0 unspecified atom stereocenters. The first-order valence-corrected chi connectivity index (χ1v) is 7.31. The molecule has 0 aliphatic heterocycles. The highest BCUT2D eigenvalue weighted by Crippen LogP contribution is 2.31. The first kappa shape index (κ1) is 17.0. The molecule has 0 radical (unpaired) electrons. The monoisotopic (exact) mass is 282 g/mol. The first-order chi connectivity index (χ1) is 9.27. The Kier molecular flexibility index (Phi) is 6.00. The van der Waals surface area contributed by atoms with Crippen molar-refractivity contribution in [1.82, 2.24) is 0 Å². The molecule has 0 spiro atoms. The van der Waals surface area contributed by atoms with Crippen molar-refractivity contribution in [3.63, 3.8) is 0 Å². The van der Waals surface area contributed by atoms with E-state index in [1.165, 1.54) is 7.11 Å². The fourth-order valence-electron chi connectivity index (χ4n) is 2.95. The Morgan fingerprint density at radius 2 is 1.70 bits per heavy atom. The third-order valence-electron chi connectivity index (χ3n) is 3.36. The number of rotatable bonds is 7. The third kappa shape index (κ3) is 4.78. The van der Waals surface area contributed by atoms with Crippen molar-refractivity contribution in [3.05, 3.63) is 29.6 Å². The van der Waals surface area contributed by atoms with Crippen LogP contribution in [0.1, 0.15) is 46.1 Å². The largest absolute Gasteiger partial charge is 0.494 e. The average molecular weight is 282 g/mol. The maximum Gasteiger partial charge on any atom is 0.168 e. The highest BCUT2D eigenvalue weighted by Gasteiger charge is 2.30. The number of aliphatic hydroxyl groups is 1. The quantitative estimate of drug-likeness (QED) is 0.812. The summed E-state index contributed by atoms with van der Waals surface area (Å²) in [5.74, 6) is 0.611. The smallest absolute Gasteiger partial charge is 0.168 e. The standard InChI is InChI=1S/C17H27FO2/c1-12(2)9-17(19,10-13(3)4)11-14-7-6-8-15(20-5)16(14)18/h6-8,12-13,19H,9-11H2,1-5H3. The highest BCUT2D eigenvalue weighted by atomic mass is 19.1. The zero-order valence-corrected chi connectivity index (χ0v) is 13.2. The van der Waals surface area contributed by atoms with Crippen LogP contribution in [0.2, 0.25) is 0 Å².